The summed E-state index contributed by atoms with van der Waals surface area (Å²) in [6.45, 7) is 5.33. The van der Waals surface area contributed by atoms with Crippen LogP contribution in [0, 0.1) is 0 Å². The Balaban J connectivity index is 3.36. The van der Waals surface area contributed by atoms with Crippen LogP contribution >= 0.6 is 11.3 Å². The first-order valence-electron chi connectivity index (χ1n) is 6.69. The van der Waals surface area contributed by atoms with Gasteiger partial charge in [0, 0.05) is 20.1 Å². The lowest BCUT2D eigenvalue weighted by atomic mass is 10.2. The maximum atomic E-state index is 12.3. The van der Waals surface area contributed by atoms with Crippen molar-refractivity contribution in [1.82, 2.24) is 0 Å². The molecule has 0 amide bonds. The second-order valence-corrected chi connectivity index (χ2v) is 7.90. The van der Waals surface area contributed by atoms with Gasteiger partial charge < -0.3 is 15.8 Å². The largest absolute Gasteiger partial charge is 0.396 e. The summed E-state index contributed by atoms with van der Waals surface area (Å²) >= 11 is 1.09. The fraction of sp³-hybridized carbons (Fsp3) is 0.615. The number of nitrogens with two attached hydrogens (primary N) is 1. The number of sulfone groups is 1. The SMILES string of the molecule is CCC(COC)Nc1sc(C(C)=O)c(N)c1S(=O)(=O)CC. The molecule has 1 atom stereocenters. The quantitative estimate of drug-likeness (QED) is 0.707. The van der Waals surface area contributed by atoms with Crippen molar-refractivity contribution in [3.8, 4) is 0 Å². The molecule has 1 unspecified atom stereocenters. The molecule has 0 aliphatic carbocycles. The van der Waals surface area contributed by atoms with Crippen LogP contribution in [0.4, 0.5) is 10.7 Å². The third kappa shape index (κ3) is 3.96. The van der Waals surface area contributed by atoms with Crippen molar-refractivity contribution in [2.24, 2.45) is 0 Å². The van der Waals surface area contributed by atoms with Gasteiger partial charge in [-0.05, 0) is 6.42 Å². The van der Waals surface area contributed by atoms with Gasteiger partial charge in [-0.2, -0.15) is 0 Å². The molecule has 8 heteroatoms. The first-order valence-corrected chi connectivity index (χ1v) is 9.16. The Morgan fingerprint density at radius 2 is 2.05 bits per heavy atom. The molecule has 0 radical (unpaired) electrons. The molecule has 0 aromatic carbocycles. The predicted octanol–water partition coefficient (Wildman–Crippen LogP) is 2.16. The van der Waals surface area contributed by atoms with Crippen molar-refractivity contribution >= 4 is 37.6 Å². The van der Waals surface area contributed by atoms with Crippen LogP contribution in [0.5, 0.6) is 0 Å². The molecular weight excluding hydrogens is 312 g/mol. The zero-order valence-electron chi connectivity index (χ0n) is 12.7. The monoisotopic (exact) mass is 334 g/mol. The second kappa shape index (κ2) is 7.24. The number of anilines is 2. The number of hydrogen-bond donors (Lipinski definition) is 2. The zero-order chi connectivity index (χ0) is 16.2. The highest BCUT2D eigenvalue weighted by molar-refractivity contribution is 7.91. The van der Waals surface area contributed by atoms with Gasteiger partial charge in [0.2, 0.25) is 0 Å². The lowest BCUT2D eigenvalue weighted by Gasteiger charge is -2.17. The van der Waals surface area contributed by atoms with Gasteiger partial charge in [-0.15, -0.1) is 11.3 Å². The Bertz CT molecular complexity index is 608. The smallest absolute Gasteiger partial charge is 0.183 e. The number of Topliss-reactive ketones (excluding diaryl/α,β-unsaturated/α-hetero) is 1. The van der Waals surface area contributed by atoms with Gasteiger partial charge in [-0.3, -0.25) is 4.79 Å². The van der Waals surface area contributed by atoms with Crippen molar-refractivity contribution in [1.29, 1.82) is 0 Å². The summed E-state index contributed by atoms with van der Waals surface area (Å²) in [5, 5.41) is 3.56. The molecule has 1 rings (SSSR count). The number of carbonyl (C=O) groups is 1. The van der Waals surface area contributed by atoms with E-state index in [9.17, 15) is 13.2 Å². The van der Waals surface area contributed by atoms with E-state index in [0.29, 0.717) is 11.6 Å². The lowest BCUT2D eigenvalue weighted by Crippen LogP contribution is -2.24. The molecular formula is C13H22N2O4S2. The molecule has 0 aliphatic rings. The van der Waals surface area contributed by atoms with Crippen LogP contribution in [0.25, 0.3) is 0 Å². The molecule has 0 saturated heterocycles. The van der Waals surface area contributed by atoms with E-state index < -0.39 is 9.84 Å². The molecule has 3 N–H and O–H groups in total. The Labute approximate surface area is 129 Å². The highest BCUT2D eigenvalue weighted by atomic mass is 32.2. The molecule has 0 aliphatic heterocycles. The van der Waals surface area contributed by atoms with Crippen LogP contribution in [0.1, 0.15) is 36.9 Å². The van der Waals surface area contributed by atoms with E-state index in [1.54, 1.807) is 14.0 Å². The topological polar surface area (TPSA) is 98.5 Å². The number of thiophene rings is 1. The molecule has 0 bridgehead atoms. The highest BCUT2D eigenvalue weighted by Gasteiger charge is 2.28. The van der Waals surface area contributed by atoms with Crippen molar-refractivity contribution in [2.45, 2.75) is 38.1 Å². The average Bonchev–Trinajstić information content (AvgIpc) is 2.75. The normalized spacial score (nSPS) is 13.1. The maximum Gasteiger partial charge on any atom is 0.183 e. The molecule has 1 aromatic rings. The summed E-state index contributed by atoms with van der Waals surface area (Å²) in [4.78, 5) is 11.9. The minimum atomic E-state index is -3.51. The molecule has 120 valence electrons. The first-order chi connectivity index (χ1) is 9.78. The van der Waals surface area contributed by atoms with Crippen LogP contribution in [-0.2, 0) is 14.6 Å². The lowest BCUT2D eigenvalue weighted by molar-refractivity contribution is 0.102. The summed E-state index contributed by atoms with van der Waals surface area (Å²) in [5.41, 5.74) is 5.94. The van der Waals surface area contributed by atoms with Crippen LogP contribution in [0.3, 0.4) is 0 Å². The van der Waals surface area contributed by atoms with Gasteiger partial charge >= 0.3 is 0 Å². The third-order valence-corrected chi connectivity index (χ3v) is 6.28. The van der Waals surface area contributed by atoms with E-state index in [1.165, 1.54) is 6.92 Å². The van der Waals surface area contributed by atoms with Crippen molar-refractivity contribution in [3.05, 3.63) is 4.88 Å². The fourth-order valence-corrected chi connectivity index (χ4v) is 4.51. The summed E-state index contributed by atoms with van der Waals surface area (Å²) < 4.78 is 29.6. The van der Waals surface area contributed by atoms with Gasteiger partial charge in [-0.25, -0.2) is 8.42 Å². The minimum absolute atomic E-state index is 0.0368. The Hall–Kier alpha value is -1.12. The van der Waals surface area contributed by atoms with Crippen LogP contribution < -0.4 is 11.1 Å². The molecule has 21 heavy (non-hydrogen) atoms. The minimum Gasteiger partial charge on any atom is -0.396 e. The van der Waals surface area contributed by atoms with E-state index in [2.05, 4.69) is 5.32 Å². The molecule has 6 nitrogen and oxygen atoms in total. The predicted molar refractivity (Wildman–Crippen MR) is 86.0 cm³/mol. The van der Waals surface area contributed by atoms with Crippen molar-refractivity contribution in [3.63, 3.8) is 0 Å². The summed E-state index contributed by atoms with van der Waals surface area (Å²) in [7, 11) is -1.93. The number of carbonyl (C=O) groups excluding carboxylic acids is 1. The number of rotatable bonds is 8. The van der Waals surface area contributed by atoms with Gasteiger partial charge in [0.25, 0.3) is 0 Å². The average molecular weight is 334 g/mol. The number of methoxy groups -OCH3 is 1. The summed E-state index contributed by atoms with van der Waals surface area (Å²) in [5.74, 6) is -0.306. The number of ether oxygens (including phenoxy) is 1. The third-order valence-electron chi connectivity index (χ3n) is 3.11. The highest BCUT2D eigenvalue weighted by Crippen LogP contribution is 2.40. The van der Waals surface area contributed by atoms with Gasteiger partial charge in [0.05, 0.1) is 22.9 Å². The first kappa shape index (κ1) is 17.9. The molecule has 1 aromatic heterocycles. The zero-order valence-corrected chi connectivity index (χ0v) is 14.4. The fourth-order valence-electron chi connectivity index (χ4n) is 1.89. The molecule has 1 heterocycles. The number of nitrogens with one attached hydrogen (secondary N) is 1. The van der Waals surface area contributed by atoms with E-state index >= 15 is 0 Å². The molecule has 0 fully saturated rings. The van der Waals surface area contributed by atoms with Crippen molar-refractivity contribution in [2.75, 3.05) is 30.5 Å². The maximum absolute atomic E-state index is 12.3. The standard InChI is InChI=1S/C13H22N2O4S2/c1-5-9(7-19-4)15-13-12(21(17,18)6-2)10(14)11(20-13)8(3)16/h9,15H,5-7,14H2,1-4H3. The summed E-state index contributed by atoms with van der Waals surface area (Å²) in [6.07, 6.45) is 0.757. The summed E-state index contributed by atoms with van der Waals surface area (Å²) in [6, 6.07) is -0.0429. The van der Waals surface area contributed by atoms with E-state index in [0.717, 1.165) is 17.8 Å². The van der Waals surface area contributed by atoms with Crippen LogP contribution in [0.2, 0.25) is 0 Å². The van der Waals surface area contributed by atoms with E-state index in [-0.39, 0.29) is 33.0 Å². The van der Waals surface area contributed by atoms with Gasteiger partial charge in [0.15, 0.2) is 15.6 Å². The Kier molecular flexibility index (Phi) is 6.18. The Morgan fingerprint density at radius 3 is 2.48 bits per heavy atom. The second-order valence-electron chi connectivity index (χ2n) is 4.67. The van der Waals surface area contributed by atoms with E-state index in [1.807, 2.05) is 6.92 Å². The molecule has 0 saturated carbocycles. The van der Waals surface area contributed by atoms with Gasteiger partial charge in [-0.1, -0.05) is 13.8 Å². The van der Waals surface area contributed by atoms with E-state index in [4.69, 9.17) is 10.5 Å². The number of nitrogen functional groups attached to an aromatic ring is 1. The molecule has 0 spiro atoms. The Morgan fingerprint density at radius 1 is 1.43 bits per heavy atom. The number of hydrogen-bond acceptors (Lipinski definition) is 7. The number of ketones is 1. The van der Waals surface area contributed by atoms with Gasteiger partial charge in [0.1, 0.15) is 9.90 Å². The van der Waals surface area contributed by atoms with Crippen LogP contribution in [0.15, 0.2) is 4.90 Å². The van der Waals surface area contributed by atoms with Crippen molar-refractivity contribution < 1.29 is 17.9 Å². The van der Waals surface area contributed by atoms with Crippen LogP contribution in [-0.4, -0.2) is 39.7 Å².